The standard InChI is InChI=1S/C14H10F4O3/c1-6-9-7-4-3-5-8(15)10(7)20-12(19)11(9)21-13(6,2)14(16,17)18/h3-6H,1-2H3. The van der Waals surface area contributed by atoms with Gasteiger partial charge >= 0.3 is 11.8 Å². The third-order valence-corrected chi connectivity index (χ3v) is 4.02. The van der Waals surface area contributed by atoms with Gasteiger partial charge in [-0.05, 0) is 13.0 Å². The predicted molar refractivity (Wildman–Crippen MR) is 65.9 cm³/mol. The van der Waals surface area contributed by atoms with E-state index in [1.54, 1.807) is 0 Å². The van der Waals surface area contributed by atoms with Crippen LogP contribution in [0.15, 0.2) is 27.4 Å². The van der Waals surface area contributed by atoms with Gasteiger partial charge in [0.15, 0.2) is 11.4 Å². The van der Waals surface area contributed by atoms with Gasteiger partial charge in [-0.3, -0.25) is 0 Å². The smallest absolute Gasteiger partial charge is 0.428 e. The largest absolute Gasteiger partial charge is 0.470 e. The second-order valence-corrected chi connectivity index (χ2v) is 5.18. The zero-order valence-electron chi connectivity index (χ0n) is 11.0. The summed E-state index contributed by atoms with van der Waals surface area (Å²) in [6.45, 7) is 2.16. The Morgan fingerprint density at radius 2 is 1.95 bits per heavy atom. The molecule has 0 spiro atoms. The van der Waals surface area contributed by atoms with Crippen molar-refractivity contribution in [3.63, 3.8) is 0 Å². The van der Waals surface area contributed by atoms with Gasteiger partial charge in [-0.2, -0.15) is 13.2 Å². The van der Waals surface area contributed by atoms with Crippen LogP contribution >= 0.6 is 0 Å². The Hall–Kier alpha value is -2.05. The van der Waals surface area contributed by atoms with Crippen LogP contribution in [0.2, 0.25) is 0 Å². The molecule has 0 amide bonds. The maximum atomic E-state index is 13.7. The van der Waals surface area contributed by atoms with Crippen molar-refractivity contribution in [2.75, 3.05) is 0 Å². The second-order valence-electron chi connectivity index (χ2n) is 5.18. The molecule has 1 aromatic heterocycles. The number of hydrogen-bond acceptors (Lipinski definition) is 3. The van der Waals surface area contributed by atoms with E-state index in [1.165, 1.54) is 19.1 Å². The summed E-state index contributed by atoms with van der Waals surface area (Å²) < 4.78 is 63.1. The maximum absolute atomic E-state index is 13.7. The van der Waals surface area contributed by atoms with Gasteiger partial charge in [0, 0.05) is 16.9 Å². The van der Waals surface area contributed by atoms with Crippen LogP contribution in [0.4, 0.5) is 17.6 Å². The summed E-state index contributed by atoms with van der Waals surface area (Å²) in [5.74, 6) is -2.47. The first-order chi connectivity index (χ1) is 9.67. The molecule has 7 heteroatoms. The molecule has 0 N–H and O–H groups in total. The number of halogens is 4. The quantitative estimate of drug-likeness (QED) is 0.549. The molecule has 0 aliphatic carbocycles. The van der Waals surface area contributed by atoms with Crippen LogP contribution < -0.4 is 10.4 Å². The van der Waals surface area contributed by atoms with E-state index in [-0.39, 0.29) is 16.5 Å². The first kappa shape index (κ1) is 13.9. The molecule has 0 fully saturated rings. The van der Waals surface area contributed by atoms with Crippen LogP contribution in [0.5, 0.6) is 5.75 Å². The summed E-state index contributed by atoms with van der Waals surface area (Å²) >= 11 is 0. The lowest BCUT2D eigenvalue weighted by molar-refractivity contribution is -0.241. The summed E-state index contributed by atoms with van der Waals surface area (Å²) in [5.41, 5.74) is -3.99. The molecule has 3 rings (SSSR count). The Labute approximate surface area is 116 Å². The third-order valence-electron chi connectivity index (χ3n) is 4.02. The molecule has 2 heterocycles. The molecule has 0 saturated carbocycles. The Morgan fingerprint density at radius 3 is 2.57 bits per heavy atom. The van der Waals surface area contributed by atoms with Crippen LogP contribution in [0.3, 0.4) is 0 Å². The van der Waals surface area contributed by atoms with Crippen LogP contribution in [-0.2, 0) is 0 Å². The molecule has 2 unspecified atom stereocenters. The second kappa shape index (κ2) is 3.99. The SMILES string of the molecule is CC1c2c(c(=O)oc3c(F)cccc23)OC1(C)C(F)(F)F. The van der Waals surface area contributed by atoms with Crippen LogP contribution in [0.1, 0.15) is 25.3 Å². The van der Waals surface area contributed by atoms with Gasteiger partial charge < -0.3 is 9.15 Å². The molecule has 21 heavy (non-hydrogen) atoms. The van der Waals surface area contributed by atoms with Gasteiger partial charge in [-0.15, -0.1) is 0 Å². The number of benzene rings is 1. The molecule has 0 radical (unpaired) electrons. The van der Waals surface area contributed by atoms with Gasteiger partial charge in [-0.1, -0.05) is 19.1 Å². The fraction of sp³-hybridized carbons (Fsp3) is 0.357. The van der Waals surface area contributed by atoms with Crippen LogP contribution in [0, 0.1) is 5.82 Å². The van der Waals surface area contributed by atoms with Crippen molar-refractivity contribution >= 4 is 11.0 Å². The molecule has 0 saturated heterocycles. The van der Waals surface area contributed by atoms with E-state index in [0.29, 0.717) is 0 Å². The van der Waals surface area contributed by atoms with Gasteiger partial charge in [0.1, 0.15) is 0 Å². The summed E-state index contributed by atoms with van der Waals surface area (Å²) in [5, 5.41) is 0.116. The molecule has 3 nitrogen and oxygen atoms in total. The molecule has 0 bridgehead atoms. The Bertz CT molecular complexity index is 793. The molecule has 1 aromatic carbocycles. The first-order valence-corrected chi connectivity index (χ1v) is 6.18. The molecule has 2 aromatic rings. The van der Waals surface area contributed by atoms with Gasteiger partial charge in [0.25, 0.3) is 0 Å². The number of ether oxygens (including phenoxy) is 1. The molecular weight excluding hydrogens is 292 g/mol. The lowest BCUT2D eigenvalue weighted by atomic mass is 9.85. The normalized spacial score (nSPS) is 25.0. The zero-order chi connectivity index (χ0) is 15.6. The van der Waals surface area contributed by atoms with Crippen LogP contribution in [-0.4, -0.2) is 11.8 Å². The van der Waals surface area contributed by atoms with E-state index in [9.17, 15) is 22.4 Å². The summed E-state index contributed by atoms with van der Waals surface area (Å²) in [4.78, 5) is 11.8. The topological polar surface area (TPSA) is 39.4 Å². The van der Waals surface area contributed by atoms with Crippen molar-refractivity contribution in [2.24, 2.45) is 0 Å². The van der Waals surface area contributed by atoms with E-state index in [1.807, 2.05) is 0 Å². The average molecular weight is 302 g/mol. The molecule has 112 valence electrons. The van der Waals surface area contributed by atoms with Crippen molar-refractivity contribution in [1.82, 2.24) is 0 Å². The maximum Gasteiger partial charge on any atom is 0.428 e. The van der Waals surface area contributed by atoms with Gasteiger partial charge in [-0.25, -0.2) is 9.18 Å². The highest BCUT2D eigenvalue weighted by molar-refractivity contribution is 5.84. The summed E-state index contributed by atoms with van der Waals surface area (Å²) in [7, 11) is 0. The van der Waals surface area contributed by atoms with Gasteiger partial charge in [0.2, 0.25) is 11.4 Å². The Balaban J connectivity index is 2.37. The average Bonchev–Trinajstić information content (AvgIpc) is 2.66. The highest BCUT2D eigenvalue weighted by atomic mass is 19.4. The minimum Gasteiger partial charge on any atom is -0.470 e. The number of alkyl halides is 3. The number of fused-ring (bicyclic) bond motifs is 3. The Morgan fingerprint density at radius 1 is 1.29 bits per heavy atom. The first-order valence-electron chi connectivity index (χ1n) is 6.18. The summed E-state index contributed by atoms with van der Waals surface area (Å²) in [6, 6.07) is 3.82. The monoisotopic (exact) mass is 302 g/mol. The summed E-state index contributed by atoms with van der Waals surface area (Å²) in [6.07, 6.45) is -4.68. The Kier molecular flexibility index (Phi) is 2.64. The fourth-order valence-electron chi connectivity index (χ4n) is 2.60. The molecular formula is C14H10F4O3. The molecule has 1 aliphatic heterocycles. The minimum absolute atomic E-state index is 0.0283. The zero-order valence-corrected chi connectivity index (χ0v) is 11.0. The number of para-hydroxylation sites is 1. The van der Waals surface area contributed by atoms with Crippen molar-refractivity contribution in [1.29, 1.82) is 0 Å². The fourth-order valence-corrected chi connectivity index (χ4v) is 2.60. The van der Waals surface area contributed by atoms with E-state index in [4.69, 9.17) is 9.15 Å². The van der Waals surface area contributed by atoms with E-state index >= 15 is 0 Å². The van der Waals surface area contributed by atoms with Crippen molar-refractivity contribution in [3.05, 3.63) is 40.0 Å². The lowest BCUT2D eigenvalue weighted by Gasteiger charge is -2.30. The van der Waals surface area contributed by atoms with Crippen LogP contribution in [0.25, 0.3) is 11.0 Å². The minimum atomic E-state index is -4.68. The highest BCUT2D eigenvalue weighted by Crippen LogP contribution is 2.52. The van der Waals surface area contributed by atoms with Crippen molar-refractivity contribution < 1.29 is 26.7 Å². The number of hydrogen-bond donors (Lipinski definition) is 0. The number of rotatable bonds is 0. The third kappa shape index (κ3) is 1.69. The van der Waals surface area contributed by atoms with Gasteiger partial charge in [0.05, 0.1) is 0 Å². The molecule has 2 atom stereocenters. The highest BCUT2D eigenvalue weighted by Gasteiger charge is 2.62. The molecule has 1 aliphatic rings. The van der Waals surface area contributed by atoms with Crippen molar-refractivity contribution in [2.45, 2.75) is 31.5 Å². The predicted octanol–water partition coefficient (Wildman–Crippen LogP) is 3.75. The van der Waals surface area contributed by atoms with E-state index in [2.05, 4.69) is 0 Å². The lowest BCUT2D eigenvalue weighted by Crippen LogP contribution is -2.48. The van der Waals surface area contributed by atoms with E-state index in [0.717, 1.165) is 13.0 Å². The van der Waals surface area contributed by atoms with Crippen molar-refractivity contribution in [3.8, 4) is 5.75 Å². The van der Waals surface area contributed by atoms with E-state index < -0.39 is 34.9 Å².